The summed E-state index contributed by atoms with van der Waals surface area (Å²) in [6.45, 7) is 3.63. The molecule has 0 bridgehead atoms. The first-order valence-corrected chi connectivity index (χ1v) is 7.06. The largest absolute Gasteiger partial charge is 0.302 e. The number of ketones is 1. The molecule has 90 valence electrons. The zero-order chi connectivity index (χ0) is 11.0. The lowest BCUT2D eigenvalue weighted by atomic mass is 10.1. The van der Waals surface area contributed by atoms with E-state index in [0.29, 0.717) is 11.7 Å². The van der Waals surface area contributed by atoms with Crippen LogP contribution in [-0.2, 0) is 4.79 Å². The minimum absolute atomic E-state index is 0.387. The Morgan fingerprint density at radius 3 is 2.00 bits per heavy atom. The molecule has 0 saturated heterocycles. The highest BCUT2D eigenvalue weighted by Gasteiger charge is 2.32. The summed E-state index contributed by atoms with van der Waals surface area (Å²) >= 11 is 0. The minimum Gasteiger partial charge on any atom is -0.302 e. The van der Waals surface area contributed by atoms with E-state index in [1.165, 1.54) is 38.8 Å². The maximum atomic E-state index is 11.7. The predicted octanol–water partition coefficient (Wildman–Crippen LogP) is 2.48. The summed E-state index contributed by atoms with van der Waals surface area (Å²) in [5, 5.41) is 0. The molecule has 0 aliphatic heterocycles. The second-order valence-corrected chi connectivity index (χ2v) is 6.16. The molecule has 1 atom stereocenters. The molecular weight excluding hydrogens is 198 g/mol. The number of hydrogen-bond acceptors (Lipinski definition) is 2. The van der Waals surface area contributed by atoms with Crippen LogP contribution in [0, 0.1) is 17.8 Å². The third kappa shape index (κ3) is 2.85. The van der Waals surface area contributed by atoms with Crippen LogP contribution < -0.4 is 0 Å². The van der Waals surface area contributed by atoms with Gasteiger partial charge in [0.25, 0.3) is 0 Å². The number of carbonyl (C=O) groups excluding carboxylic acids is 1. The van der Waals surface area contributed by atoms with Crippen molar-refractivity contribution < 1.29 is 4.79 Å². The van der Waals surface area contributed by atoms with Crippen LogP contribution in [0.15, 0.2) is 0 Å². The zero-order valence-corrected chi connectivity index (χ0v) is 10.2. The molecule has 3 aliphatic rings. The fourth-order valence-corrected chi connectivity index (χ4v) is 2.95. The first-order valence-electron chi connectivity index (χ1n) is 7.06. The van der Waals surface area contributed by atoms with Crippen molar-refractivity contribution in [2.45, 2.75) is 44.9 Å². The molecule has 0 heterocycles. The standard InChI is InChI=1S/C14H23NO/c16-14-3-1-2-13(14)10-15(8-11-4-5-11)9-12-6-7-12/h11-13H,1-10H2. The molecule has 16 heavy (non-hydrogen) atoms. The number of rotatable bonds is 6. The van der Waals surface area contributed by atoms with Gasteiger partial charge in [-0.15, -0.1) is 0 Å². The fraction of sp³-hybridized carbons (Fsp3) is 0.929. The van der Waals surface area contributed by atoms with Gasteiger partial charge in [0.2, 0.25) is 0 Å². The van der Waals surface area contributed by atoms with Crippen molar-refractivity contribution in [1.82, 2.24) is 4.90 Å². The summed E-state index contributed by atoms with van der Waals surface area (Å²) in [6.07, 6.45) is 8.87. The van der Waals surface area contributed by atoms with E-state index in [9.17, 15) is 4.79 Å². The topological polar surface area (TPSA) is 20.3 Å². The van der Waals surface area contributed by atoms with Crippen molar-refractivity contribution in [2.75, 3.05) is 19.6 Å². The second-order valence-electron chi connectivity index (χ2n) is 6.16. The van der Waals surface area contributed by atoms with Gasteiger partial charge in [-0.05, 0) is 50.4 Å². The summed E-state index contributed by atoms with van der Waals surface area (Å²) < 4.78 is 0. The van der Waals surface area contributed by atoms with Crippen LogP contribution in [0.25, 0.3) is 0 Å². The Bertz CT molecular complexity index is 254. The second kappa shape index (κ2) is 4.48. The predicted molar refractivity (Wildman–Crippen MR) is 64.2 cm³/mol. The highest BCUT2D eigenvalue weighted by molar-refractivity contribution is 5.83. The first-order chi connectivity index (χ1) is 7.81. The molecule has 3 saturated carbocycles. The van der Waals surface area contributed by atoms with E-state index in [-0.39, 0.29) is 0 Å². The first kappa shape index (κ1) is 10.8. The van der Waals surface area contributed by atoms with E-state index in [4.69, 9.17) is 0 Å². The highest BCUT2D eigenvalue weighted by atomic mass is 16.1. The molecule has 1 unspecified atom stereocenters. The monoisotopic (exact) mass is 221 g/mol. The molecule has 0 radical (unpaired) electrons. The van der Waals surface area contributed by atoms with Crippen molar-refractivity contribution in [2.24, 2.45) is 17.8 Å². The molecule has 0 N–H and O–H groups in total. The van der Waals surface area contributed by atoms with E-state index in [1.807, 2.05) is 0 Å². The Labute approximate surface area is 98.4 Å². The van der Waals surface area contributed by atoms with Crippen molar-refractivity contribution in [3.8, 4) is 0 Å². The molecule has 3 fully saturated rings. The van der Waals surface area contributed by atoms with Crippen LogP contribution >= 0.6 is 0 Å². The SMILES string of the molecule is O=C1CCCC1CN(CC1CC1)CC1CC1. The Balaban J connectivity index is 1.51. The molecule has 2 heteroatoms. The van der Waals surface area contributed by atoms with E-state index in [0.717, 1.165) is 37.6 Å². The number of nitrogens with zero attached hydrogens (tertiary/aromatic N) is 1. The van der Waals surface area contributed by atoms with Gasteiger partial charge >= 0.3 is 0 Å². The van der Waals surface area contributed by atoms with Crippen molar-refractivity contribution in [1.29, 1.82) is 0 Å². The number of hydrogen-bond donors (Lipinski definition) is 0. The molecule has 3 aliphatic carbocycles. The van der Waals surface area contributed by atoms with Crippen molar-refractivity contribution in [3.63, 3.8) is 0 Å². The van der Waals surface area contributed by atoms with Gasteiger partial charge < -0.3 is 4.90 Å². The summed E-state index contributed by atoms with van der Waals surface area (Å²) in [4.78, 5) is 14.3. The summed E-state index contributed by atoms with van der Waals surface area (Å²) in [7, 11) is 0. The van der Waals surface area contributed by atoms with Crippen LogP contribution in [-0.4, -0.2) is 30.3 Å². The summed E-state index contributed by atoms with van der Waals surface area (Å²) in [6, 6.07) is 0. The minimum atomic E-state index is 0.387. The molecule has 0 amide bonds. The average molecular weight is 221 g/mol. The molecule has 0 aromatic heterocycles. The van der Waals surface area contributed by atoms with Gasteiger partial charge in [-0.3, -0.25) is 4.79 Å². The summed E-state index contributed by atoms with van der Waals surface area (Å²) in [5.74, 6) is 2.86. The zero-order valence-electron chi connectivity index (χ0n) is 10.2. The van der Waals surface area contributed by atoms with Crippen LogP contribution in [0.3, 0.4) is 0 Å². The normalized spacial score (nSPS) is 30.3. The Kier molecular flexibility index (Phi) is 3.01. The van der Waals surface area contributed by atoms with Gasteiger partial charge in [0, 0.05) is 32.0 Å². The van der Waals surface area contributed by atoms with Crippen LogP contribution in [0.2, 0.25) is 0 Å². The average Bonchev–Trinajstić information content (AvgIpc) is 3.14. The van der Waals surface area contributed by atoms with Gasteiger partial charge in [-0.1, -0.05) is 0 Å². The van der Waals surface area contributed by atoms with Crippen molar-refractivity contribution >= 4 is 5.78 Å². The smallest absolute Gasteiger partial charge is 0.137 e. The van der Waals surface area contributed by atoms with E-state index < -0.39 is 0 Å². The Morgan fingerprint density at radius 1 is 0.938 bits per heavy atom. The third-order valence-corrected chi connectivity index (χ3v) is 4.34. The fourth-order valence-electron chi connectivity index (χ4n) is 2.95. The van der Waals surface area contributed by atoms with Gasteiger partial charge in [0.1, 0.15) is 5.78 Å². The van der Waals surface area contributed by atoms with E-state index >= 15 is 0 Å². The quantitative estimate of drug-likeness (QED) is 0.687. The number of carbonyl (C=O) groups is 1. The van der Waals surface area contributed by atoms with Gasteiger partial charge in [0.15, 0.2) is 0 Å². The Hall–Kier alpha value is -0.370. The molecular formula is C14H23NO. The van der Waals surface area contributed by atoms with Crippen LogP contribution in [0.5, 0.6) is 0 Å². The highest BCUT2D eigenvalue weighted by Crippen LogP contribution is 2.34. The lowest BCUT2D eigenvalue weighted by molar-refractivity contribution is -0.121. The van der Waals surface area contributed by atoms with E-state index in [2.05, 4.69) is 4.90 Å². The van der Waals surface area contributed by atoms with E-state index in [1.54, 1.807) is 0 Å². The molecule has 2 nitrogen and oxygen atoms in total. The lowest BCUT2D eigenvalue weighted by Gasteiger charge is -2.24. The van der Waals surface area contributed by atoms with Crippen molar-refractivity contribution in [3.05, 3.63) is 0 Å². The van der Waals surface area contributed by atoms with Gasteiger partial charge in [0.05, 0.1) is 0 Å². The third-order valence-electron chi connectivity index (χ3n) is 4.34. The Morgan fingerprint density at radius 2 is 1.56 bits per heavy atom. The molecule has 0 spiro atoms. The lowest BCUT2D eigenvalue weighted by Crippen LogP contribution is -2.34. The molecule has 3 rings (SSSR count). The maximum absolute atomic E-state index is 11.7. The van der Waals surface area contributed by atoms with Crippen LogP contribution in [0.4, 0.5) is 0 Å². The van der Waals surface area contributed by atoms with Crippen LogP contribution in [0.1, 0.15) is 44.9 Å². The molecule has 0 aromatic carbocycles. The number of Topliss-reactive ketones (excluding diaryl/α,β-unsaturated/α-hetero) is 1. The summed E-state index contributed by atoms with van der Waals surface area (Å²) in [5.41, 5.74) is 0. The van der Waals surface area contributed by atoms with Gasteiger partial charge in [-0.25, -0.2) is 0 Å². The maximum Gasteiger partial charge on any atom is 0.137 e. The molecule has 0 aromatic rings. The van der Waals surface area contributed by atoms with Gasteiger partial charge in [-0.2, -0.15) is 0 Å².